The van der Waals surface area contributed by atoms with Gasteiger partial charge in [0.05, 0.1) is 17.1 Å². The molecule has 3 rings (SSSR count). The molecular formula is C22H27N3O4S2. The number of para-hydroxylation sites is 1. The minimum atomic E-state index is -0.935. The van der Waals surface area contributed by atoms with Gasteiger partial charge in [-0.1, -0.05) is 50.6 Å². The number of hydrogen-bond donors (Lipinski definition) is 1. The fourth-order valence-corrected chi connectivity index (χ4v) is 5.10. The van der Waals surface area contributed by atoms with Crippen LogP contribution in [0.15, 0.2) is 39.8 Å². The molecule has 1 aromatic carbocycles. The van der Waals surface area contributed by atoms with E-state index in [9.17, 15) is 19.5 Å². The van der Waals surface area contributed by atoms with Crippen molar-refractivity contribution in [3.63, 3.8) is 0 Å². The zero-order valence-corrected chi connectivity index (χ0v) is 19.4. The number of carbonyl (C=O) groups excluding carboxylic acids is 2. The van der Waals surface area contributed by atoms with Gasteiger partial charge in [-0.05, 0) is 37.2 Å². The molecule has 1 aromatic rings. The summed E-state index contributed by atoms with van der Waals surface area (Å²) in [5, 5.41) is 9.97. The van der Waals surface area contributed by atoms with Gasteiger partial charge in [0, 0.05) is 24.5 Å². The molecule has 0 atom stereocenters. The van der Waals surface area contributed by atoms with E-state index in [1.54, 1.807) is 4.90 Å². The normalized spacial score (nSPS) is 16.5. The molecular weight excluding hydrogens is 434 g/mol. The molecule has 7 nitrogen and oxygen atoms in total. The van der Waals surface area contributed by atoms with Crippen LogP contribution in [-0.4, -0.2) is 57.4 Å². The lowest BCUT2D eigenvalue weighted by atomic mass is 10.1. The lowest BCUT2D eigenvalue weighted by Crippen LogP contribution is -2.57. The number of nitrogens with zero attached hydrogens (tertiary/aromatic N) is 3. The average molecular weight is 462 g/mol. The van der Waals surface area contributed by atoms with Crippen molar-refractivity contribution in [2.75, 3.05) is 24.5 Å². The lowest BCUT2D eigenvalue weighted by molar-refractivity contribution is -0.137. The van der Waals surface area contributed by atoms with Gasteiger partial charge >= 0.3 is 5.97 Å². The summed E-state index contributed by atoms with van der Waals surface area (Å²) in [6.07, 6.45) is 3.24. The Bertz CT molecular complexity index is 899. The molecule has 31 heavy (non-hydrogen) atoms. The summed E-state index contributed by atoms with van der Waals surface area (Å²) in [6, 6.07) is 7.54. The van der Waals surface area contributed by atoms with E-state index in [-0.39, 0.29) is 23.7 Å². The Morgan fingerprint density at radius 1 is 0.968 bits per heavy atom. The zero-order chi connectivity index (χ0) is 22.5. The molecule has 2 amide bonds. The standard InChI is InChI=1S/C22H27N3O4S2/c1-3-5-12-24-19(28)18(20(29)25(22(24)30)13-6-4-2)21-23(14-11-17(26)27)15-9-7-8-10-16(15)31-21/h7-10H,3-6,11-14H2,1-2H3,(H,26,27). The number of fused-ring (bicyclic) bond motifs is 1. The summed E-state index contributed by atoms with van der Waals surface area (Å²) >= 11 is 6.87. The highest BCUT2D eigenvalue weighted by atomic mass is 32.2. The summed E-state index contributed by atoms with van der Waals surface area (Å²) in [4.78, 5) is 43.9. The van der Waals surface area contributed by atoms with Crippen LogP contribution in [0.3, 0.4) is 0 Å². The Hall–Kier alpha value is -2.39. The fraction of sp³-hybridized carbons (Fsp3) is 0.455. The predicted octanol–water partition coefficient (Wildman–Crippen LogP) is 3.84. The number of thioether (sulfide) groups is 1. The van der Waals surface area contributed by atoms with E-state index in [2.05, 4.69) is 0 Å². The lowest BCUT2D eigenvalue weighted by Gasteiger charge is -2.37. The third kappa shape index (κ3) is 4.77. The molecule has 0 spiro atoms. The molecule has 0 aliphatic carbocycles. The second-order valence-electron chi connectivity index (χ2n) is 7.45. The number of benzene rings is 1. The van der Waals surface area contributed by atoms with Crippen LogP contribution in [-0.2, 0) is 14.4 Å². The van der Waals surface area contributed by atoms with Crippen molar-refractivity contribution in [3.8, 4) is 0 Å². The Morgan fingerprint density at radius 2 is 1.55 bits per heavy atom. The molecule has 166 valence electrons. The number of rotatable bonds is 9. The molecule has 1 saturated heterocycles. The van der Waals surface area contributed by atoms with Crippen molar-refractivity contribution in [1.29, 1.82) is 0 Å². The number of amides is 2. The summed E-state index contributed by atoms with van der Waals surface area (Å²) in [5.41, 5.74) is 0.887. The molecule has 0 radical (unpaired) electrons. The molecule has 9 heteroatoms. The van der Waals surface area contributed by atoms with Crippen molar-refractivity contribution in [1.82, 2.24) is 9.80 Å². The first-order chi connectivity index (χ1) is 14.9. The van der Waals surface area contributed by atoms with Gasteiger partial charge < -0.3 is 10.0 Å². The van der Waals surface area contributed by atoms with Crippen LogP contribution in [0.2, 0.25) is 0 Å². The van der Waals surface area contributed by atoms with Gasteiger partial charge in [0.25, 0.3) is 11.8 Å². The van der Waals surface area contributed by atoms with Crippen LogP contribution < -0.4 is 4.90 Å². The molecule has 2 aliphatic heterocycles. The van der Waals surface area contributed by atoms with E-state index in [0.29, 0.717) is 18.1 Å². The number of aliphatic carboxylic acids is 1. The topological polar surface area (TPSA) is 81.2 Å². The molecule has 1 fully saturated rings. The number of anilines is 1. The molecule has 0 saturated carbocycles. The van der Waals surface area contributed by atoms with E-state index in [0.717, 1.165) is 36.3 Å². The van der Waals surface area contributed by atoms with E-state index in [1.165, 1.54) is 21.6 Å². The zero-order valence-electron chi connectivity index (χ0n) is 17.8. The van der Waals surface area contributed by atoms with E-state index < -0.39 is 17.8 Å². The number of thiocarbonyl (C=S) groups is 1. The van der Waals surface area contributed by atoms with Crippen molar-refractivity contribution in [2.24, 2.45) is 0 Å². The first kappa shape index (κ1) is 23.3. The third-order valence-electron chi connectivity index (χ3n) is 5.22. The minimum Gasteiger partial charge on any atom is -0.481 e. The van der Waals surface area contributed by atoms with Gasteiger partial charge in [-0.15, -0.1) is 0 Å². The minimum absolute atomic E-state index is 0.0763. The Kier molecular flexibility index (Phi) is 7.72. The Balaban J connectivity index is 2.08. The summed E-state index contributed by atoms with van der Waals surface area (Å²) in [5.74, 6) is -1.73. The molecule has 0 unspecified atom stereocenters. The SMILES string of the molecule is CCCCN1C(=O)C(=C2Sc3ccccc3N2CCC(=O)O)C(=O)N(CCCC)C1=S. The number of hydrogen-bond acceptors (Lipinski definition) is 6. The molecule has 0 aromatic heterocycles. The smallest absolute Gasteiger partial charge is 0.305 e. The number of carbonyl (C=O) groups is 3. The highest BCUT2D eigenvalue weighted by Gasteiger charge is 2.43. The van der Waals surface area contributed by atoms with Gasteiger partial charge in [0.2, 0.25) is 0 Å². The van der Waals surface area contributed by atoms with Crippen molar-refractivity contribution >= 4 is 52.6 Å². The van der Waals surface area contributed by atoms with Crippen molar-refractivity contribution < 1.29 is 19.5 Å². The van der Waals surface area contributed by atoms with Crippen molar-refractivity contribution in [3.05, 3.63) is 34.9 Å². The van der Waals surface area contributed by atoms with Gasteiger partial charge in [-0.25, -0.2) is 0 Å². The second kappa shape index (κ2) is 10.3. The van der Waals surface area contributed by atoms with E-state index in [1.807, 2.05) is 38.1 Å². The average Bonchev–Trinajstić information content (AvgIpc) is 3.10. The molecule has 0 bridgehead atoms. The monoisotopic (exact) mass is 461 g/mol. The van der Waals surface area contributed by atoms with Gasteiger partial charge in [-0.2, -0.15) is 0 Å². The van der Waals surface area contributed by atoms with E-state index >= 15 is 0 Å². The first-order valence-electron chi connectivity index (χ1n) is 10.6. The third-order valence-corrected chi connectivity index (χ3v) is 6.85. The maximum absolute atomic E-state index is 13.5. The number of carboxylic acid groups (broad SMARTS) is 1. The summed E-state index contributed by atoms with van der Waals surface area (Å²) < 4.78 is 0. The molecule has 1 N–H and O–H groups in total. The molecule has 2 heterocycles. The van der Waals surface area contributed by atoms with Crippen LogP contribution in [0.1, 0.15) is 46.0 Å². The van der Waals surface area contributed by atoms with Crippen LogP contribution >= 0.6 is 24.0 Å². The molecule has 2 aliphatic rings. The predicted molar refractivity (Wildman–Crippen MR) is 125 cm³/mol. The van der Waals surface area contributed by atoms with E-state index in [4.69, 9.17) is 12.2 Å². The Morgan fingerprint density at radius 3 is 2.10 bits per heavy atom. The van der Waals surface area contributed by atoms with Gasteiger partial charge in [-0.3, -0.25) is 24.2 Å². The highest BCUT2D eigenvalue weighted by Crippen LogP contribution is 2.48. The first-order valence-corrected chi connectivity index (χ1v) is 11.8. The Labute approximate surface area is 192 Å². The van der Waals surface area contributed by atoms with Crippen LogP contribution in [0.5, 0.6) is 0 Å². The van der Waals surface area contributed by atoms with Crippen molar-refractivity contribution in [2.45, 2.75) is 50.8 Å². The largest absolute Gasteiger partial charge is 0.481 e. The fourth-order valence-electron chi connectivity index (χ4n) is 3.54. The van der Waals surface area contributed by atoms with Gasteiger partial charge in [0.15, 0.2) is 5.11 Å². The number of unbranched alkanes of at least 4 members (excludes halogenated alkanes) is 2. The summed E-state index contributed by atoms with van der Waals surface area (Å²) in [7, 11) is 0. The van der Waals surface area contributed by atoms with Crippen LogP contribution in [0, 0.1) is 0 Å². The van der Waals surface area contributed by atoms with Crippen LogP contribution in [0.4, 0.5) is 5.69 Å². The highest BCUT2D eigenvalue weighted by molar-refractivity contribution is 8.03. The van der Waals surface area contributed by atoms with Crippen LogP contribution in [0.25, 0.3) is 0 Å². The second-order valence-corrected chi connectivity index (χ2v) is 8.84. The number of carboxylic acids is 1. The van der Waals surface area contributed by atoms with Gasteiger partial charge in [0.1, 0.15) is 5.57 Å². The summed E-state index contributed by atoms with van der Waals surface area (Å²) in [6.45, 7) is 5.15. The quantitative estimate of drug-likeness (QED) is 0.340. The maximum Gasteiger partial charge on any atom is 0.305 e. The maximum atomic E-state index is 13.5.